The zero-order valence-corrected chi connectivity index (χ0v) is 16.8. The Morgan fingerprint density at radius 2 is 0.833 bits per heavy atom. The van der Waals surface area contributed by atoms with Gasteiger partial charge in [0.15, 0.2) is 0 Å². The molecule has 0 radical (unpaired) electrons. The van der Waals surface area contributed by atoms with Gasteiger partial charge in [-0.2, -0.15) is 0 Å². The summed E-state index contributed by atoms with van der Waals surface area (Å²) >= 11 is 0. The topological polar surface area (TPSA) is 23.6 Å². The SMILES string of the molecule is O=C(N(Cc1ccccc1)Cc1ccccc1)N(c1ccccc1)c1ccccc1. The van der Waals surface area contributed by atoms with Crippen LogP contribution in [0.2, 0.25) is 0 Å². The minimum atomic E-state index is -0.0555. The predicted octanol–water partition coefficient (Wildman–Crippen LogP) is 6.65. The molecule has 4 aromatic rings. The molecular weight excluding hydrogens is 368 g/mol. The Kier molecular flexibility index (Phi) is 6.21. The van der Waals surface area contributed by atoms with Gasteiger partial charge in [0.25, 0.3) is 0 Å². The molecule has 0 saturated carbocycles. The number of carbonyl (C=O) groups excluding carboxylic acids is 1. The van der Waals surface area contributed by atoms with Gasteiger partial charge in [-0.25, -0.2) is 4.79 Å². The van der Waals surface area contributed by atoms with Crippen molar-refractivity contribution in [1.82, 2.24) is 4.90 Å². The number of hydrogen-bond acceptors (Lipinski definition) is 1. The molecule has 30 heavy (non-hydrogen) atoms. The van der Waals surface area contributed by atoms with Crippen molar-refractivity contribution < 1.29 is 4.79 Å². The van der Waals surface area contributed by atoms with Gasteiger partial charge in [-0.15, -0.1) is 0 Å². The second-order valence-corrected chi connectivity index (χ2v) is 7.12. The molecule has 0 bridgehead atoms. The van der Waals surface area contributed by atoms with Crippen molar-refractivity contribution in [3.8, 4) is 0 Å². The Morgan fingerprint density at radius 1 is 0.500 bits per heavy atom. The first kappa shape index (κ1) is 19.5. The third-order valence-electron chi connectivity index (χ3n) is 4.92. The lowest BCUT2D eigenvalue weighted by atomic mass is 10.1. The van der Waals surface area contributed by atoms with Crippen LogP contribution in [0.1, 0.15) is 11.1 Å². The highest BCUT2D eigenvalue weighted by Gasteiger charge is 2.24. The van der Waals surface area contributed by atoms with E-state index in [4.69, 9.17) is 0 Å². The molecule has 0 fully saturated rings. The molecule has 0 atom stereocenters. The van der Waals surface area contributed by atoms with Crippen LogP contribution < -0.4 is 4.90 Å². The molecule has 0 heterocycles. The van der Waals surface area contributed by atoms with E-state index in [2.05, 4.69) is 24.3 Å². The number of nitrogens with zero attached hydrogens (tertiary/aromatic N) is 2. The number of hydrogen-bond donors (Lipinski definition) is 0. The molecule has 0 saturated heterocycles. The molecule has 2 amide bonds. The van der Waals surface area contributed by atoms with Gasteiger partial charge in [0.1, 0.15) is 0 Å². The largest absolute Gasteiger partial charge is 0.329 e. The number of rotatable bonds is 6. The molecule has 4 aromatic carbocycles. The molecule has 4 rings (SSSR count). The number of amides is 2. The maximum absolute atomic E-state index is 13.9. The molecule has 3 heteroatoms. The Balaban J connectivity index is 1.71. The standard InChI is InChI=1S/C27H24N2O/c30-27(29(25-17-9-3-10-18-25)26-19-11-4-12-20-26)28(21-23-13-5-1-6-14-23)22-24-15-7-2-8-16-24/h1-20H,21-22H2. The Labute approximate surface area is 177 Å². The fourth-order valence-corrected chi connectivity index (χ4v) is 3.46. The molecule has 0 aliphatic rings. The van der Waals surface area contributed by atoms with Crippen LogP contribution in [-0.4, -0.2) is 10.9 Å². The maximum atomic E-state index is 13.9. The van der Waals surface area contributed by atoms with Crippen LogP contribution in [0.25, 0.3) is 0 Å². The first-order valence-electron chi connectivity index (χ1n) is 10.1. The van der Waals surface area contributed by atoms with Crippen LogP contribution in [-0.2, 0) is 13.1 Å². The van der Waals surface area contributed by atoms with Crippen molar-refractivity contribution in [2.45, 2.75) is 13.1 Å². The Morgan fingerprint density at radius 3 is 1.20 bits per heavy atom. The molecule has 0 aliphatic carbocycles. The fraction of sp³-hybridized carbons (Fsp3) is 0.0741. The van der Waals surface area contributed by atoms with Crippen LogP contribution in [0, 0.1) is 0 Å². The van der Waals surface area contributed by atoms with E-state index in [0.717, 1.165) is 22.5 Å². The van der Waals surface area contributed by atoms with Gasteiger partial charge in [0.05, 0.1) is 11.4 Å². The van der Waals surface area contributed by atoms with Gasteiger partial charge < -0.3 is 4.90 Å². The van der Waals surface area contributed by atoms with Gasteiger partial charge >= 0.3 is 6.03 Å². The molecular formula is C27H24N2O. The first-order valence-corrected chi connectivity index (χ1v) is 10.1. The predicted molar refractivity (Wildman–Crippen MR) is 123 cm³/mol. The van der Waals surface area contributed by atoms with E-state index in [1.165, 1.54) is 0 Å². The number of anilines is 2. The lowest BCUT2D eigenvalue weighted by Crippen LogP contribution is -2.40. The minimum absolute atomic E-state index is 0.0555. The van der Waals surface area contributed by atoms with Gasteiger partial charge in [-0.05, 0) is 35.4 Å². The summed E-state index contributed by atoms with van der Waals surface area (Å²) in [6.07, 6.45) is 0. The lowest BCUT2D eigenvalue weighted by molar-refractivity contribution is 0.202. The van der Waals surface area contributed by atoms with Gasteiger partial charge in [0, 0.05) is 13.1 Å². The van der Waals surface area contributed by atoms with Crippen molar-refractivity contribution in [1.29, 1.82) is 0 Å². The maximum Gasteiger partial charge on any atom is 0.329 e. The smallest absolute Gasteiger partial charge is 0.315 e. The minimum Gasteiger partial charge on any atom is -0.315 e. The van der Waals surface area contributed by atoms with Gasteiger partial charge in [-0.1, -0.05) is 97.1 Å². The van der Waals surface area contributed by atoms with Crippen molar-refractivity contribution >= 4 is 17.4 Å². The fourth-order valence-electron chi connectivity index (χ4n) is 3.46. The zero-order chi connectivity index (χ0) is 20.6. The van der Waals surface area contributed by atoms with E-state index in [9.17, 15) is 4.79 Å². The molecule has 148 valence electrons. The summed E-state index contributed by atoms with van der Waals surface area (Å²) in [5, 5.41) is 0. The Hall–Kier alpha value is -3.85. The van der Waals surface area contributed by atoms with Crippen LogP contribution in [0.15, 0.2) is 121 Å². The quantitative estimate of drug-likeness (QED) is 0.360. The van der Waals surface area contributed by atoms with E-state index in [0.29, 0.717) is 13.1 Å². The number of carbonyl (C=O) groups is 1. The van der Waals surface area contributed by atoms with Gasteiger partial charge in [-0.3, -0.25) is 4.90 Å². The van der Waals surface area contributed by atoms with E-state index in [-0.39, 0.29) is 6.03 Å². The number of para-hydroxylation sites is 2. The van der Waals surface area contributed by atoms with Gasteiger partial charge in [0.2, 0.25) is 0 Å². The Bertz CT molecular complexity index is 970. The summed E-state index contributed by atoms with van der Waals surface area (Å²) in [6, 6.07) is 39.8. The van der Waals surface area contributed by atoms with Crippen molar-refractivity contribution in [3.05, 3.63) is 132 Å². The zero-order valence-electron chi connectivity index (χ0n) is 16.8. The number of benzene rings is 4. The molecule has 0 N–H and O–H groups in total. The number of urea groups is 1. The summed E-state index contributed by atoms with van der Waals surface area (Å²) in [7, 11) is 0. The van der Waals surface area contributed by atoms with E-state index in [1.54, 1.807) is 4.90 Å². The van der Waals surface area contributed by atoms with Crippen LogP contribution in [0.3, 0.4) is 0 Å². The van der Waals surface area contributed by atoms with E-state index in [1.807, 2.05) is 102 Å². The molecule has 0 aromatic heterocycles. The molecule has 0 spiro atoms. The van der Waals surface area contributed by atoms with Crippen molar-refractivity contribution in [2.75, 3.05) is 4.90 Å². The third kappa shape index (κ3) is 4.76. The van der Waals surface area contributed by atoms with Crippen molar-refractivity contribution in [2.24, 2.45) is 0 Å². The summed E-state index contributed by atoms with van der Waals surface area (Å²) in [4.78, 5) is 17.6. The lowest BCUT2D eigenvalue weighted by Gasteiger charge is -2.31. The highest BCUT2D eigenvalue weighted by Crippen LogP contribution is 2.27. The summed E-state index contributed by atoms with van der Waals surface area (Å²) in [5.41, 5.74) is 3.89. The van der Waals surface area contributed by atoms with E-state index < -0.39 is 0 Å². The van der Waals surface area contributed by atoms with E-state index >= 15 is 0 Å². The van der Waals surface area contributed by atoms with Crippen LogP contribution in [0.4, 0.5) is 16.2 Å². The normalized spacial score (nSPS) is 10.4. The summed E-state index contributed by atoms with van der Waals surface area (Å²) < 4.78 is 0. The average Bonchev–Trinajstić information content (AvgIpc) is 2.81. The van der Waals surface area contributed by atoms with Crippen LogP contribution in [0.5, 0.6) is 0 Å². The van der Waals surface area contributed by atoms with Crippen molar-refractivity contribution in [3.63, 3.8) is 0 Å². The highest BCUT2D eigenvalue weighted by molar-refractivity contribution is 5.99. The summed E-state index contributed by atoms with van der Waals surface area (Å²) in [5.74, 6) is 0. The molecule has 0 aliphatic heterocycles. The second kappa shape index (κ2) is 9.57. The average molecular weight is 393 g/mol. The first-order chi connectivity index (χ1) is 14.8. The summed E-state index contributed by atoms with van der Waals surface area (Å²) in [6.45, 7) is 1.06. The highest BCUT2D eigenvalue weighted by atomic mass is 16.2. The van der Waals surface area contributed by atoms with Crippen LogP contribution >= 0.6 is 0 Å². The molecule has 3 nitrogen and oxygen atoms in total. The third-order valence-corrected chi connectivity index (χ3v) is 4.92. The monoisotopic (exact) mass is 392 g/mol. The second-order valence-electron chi connectivity index (χ2n) is 7.12. The molecule has 0 unspecified atom stereocenters.